The van der Waals surface area contributed by atoms with Gasteiger partial charge in [0.05, 0.1) is 7.11 Å². The number of benzene rings is 1. The van der Waals surface area contributed by atoms with Crippen molar-refractivity contribution < 1.29 is 14.3 Å². The molecule has 0 saturated heterocycles. The monoisotopic (exact) mass is 327 g/mol. The van der Waals surface area contributed by atoms with E-state index in [1.54, 1.807) is 13.2 Å². The van der Waals surface area contributed by atoms with Crippen molar-refractivity contribution in [1.29, 1.82) is 0 Å². The van der Waals surface area contributed by atoms with Gasteiger partial charge in [0.2, 0.25) is 5.90 Å². The van der Waals surface area contributed by atoms with Gasteiger partial charge in [0.15, 0.2) is 5.70 Å². The minimum Gasteiger partial charge on any atom is -0.497 e. The summed E-state index contributed by atoms with van der Waals surface area (Å²) in [4.78, 5) is 16.6. The zero-order chi connectivity index (χ0) is 16.9. The van der Waals surface area contributed by atoms with Crippen LogP contribution in [-0.4, -0.2) is 19.0 Å². The molecular formula is C20H25NO3. The molecule has 1 aromatic carbocycles. The predicted octanol–water partition coefficient (Wildman–Crippen LogP) is 4.60. The van der Waals surface area contributed by atoms with E-state index in [1.165, 1.54) is 25.7 Å². The molecule has 4 nitrogen and oxygen atoms in total. The largest absolute Gasteiger partial charge is 0.497 e. The van der Waals surface area contributed by atoms with Crippen LogP contribution >= 0.6 is 0 Å². The lowest BCUT2D eigenvalue weighted by molar-refractivity contribution is -0.130. The number of carbonyl (C=O) groups excluding carboxylic acids is 1. The van der Waals surface area contributed by atoms with Crippen LogP contribution in [0.2, 0.25) is 0 Å². The molecule has 2 aliphatic rings. The molecule has 3 rings (SSSR count). The van der Waals surface area contributed by atoms with Crippen LogP contribution in [0, 0.1) is 11.8 Å². The van der Waals surface area contributed by atoms with Gasteiger partial charge in [-0.3, -0.25) is 0 Å². The Balaban J connectivity index is 1.70. The number of aliphatic imine (C=N–C) groups is 1. The Bertz CT molecular complexity index is 655. The molecule has 1 saturated carbocycles. The maximum atomic E-state index is 12.1. The number of methoxy groups -OCH3 is 1. The second-order valence-electron chi connectivity index (χ2n) is 6.65. The molecule has 0 unspecified atom stereocenters. The number of ether oxygens (including phenoxy) is 2. The first-order valence-corrected chi connectivity index (χ1v) is 8.86. The first-order valence-electron chi connectivity index (χ1n) is 8.86. The number of cyclic esters (lactones) is 1. The fraction of sp³-hybridized carbons (Fsp3) is 0.500. The van der Waals surface area contributed by atoms with Gasteiger partial charge in [-0.25, -0.2) is 9.79 Å². The van der Waals surface area contributed by atoms with Crippen LogP contribution in [0.25, 0.3) is 6.08 Å². The normalized spacial score (nSPS) is 25.5. The first kappa shape index (κ1) is 16.7. The lowest BCUT2D eigenvalue weighted by Crippen LogP contribution is -2.22. The Labute approximate surface area is 143 Å². The molecule has 0 amide bonds. The van der Waals surface area contributed by atoms with Gasteiger partial charge in [0.1, 0.15) is 5.75 Å². The summed E-state index contributed by atoms with van der Waals surface area (Å²) in [6.07, 6.45) is 8.89. The number of hydrogen-bond donors (Lipinski definition) is 0. The van der Waals surface area contributed by atoms with Crippen molar-refractivity contribution >= 4 is 17.9 Å². The Hall–Kier alpha value is -2.10. The molecule has 24 heavy (non-hydrogen) atoms. The van der Waals surface area contributed by atoms with Gasteiger partial charge >= 0.3 is 5.97 Å². The Kier molecular flexibility index (Phi) is 5.34. The minimum atomic E-state index is -0.344. The zero-order valence-corrected chi connectivity index (χ0v) is 14.5. The highest BCUT2D eigenvalue weighted by Gasteiger charge is 2.32. The van der Waals surface area contributed by atoms with E-state index in [-0.39, 0.29) is 5.97 Å². The Morgan fingerprint density at radius 3 is 2.79 bits per heavy atom. The lowest BCUT2D eigenvalue weighted by Gasteiger charge is -2.27. The topological polar surface area (TPSA) is 47.9 Å². The first-order chi connectivity index (χ1) is 11.7. The van der Waals surface area contributed by atoms with E-state index < -0.39 is 0 Å². The van der Waals surface area contributed by atoms with Gasteiger partial charge in [-0.15, -0.1) is 0 Å². The zero-order valence-electron chi connectivity index (χ0n) is 14.5. The SMILES string of the molecule is CCCC1CCC(C2=NC(=Cc3cccc(OC)c3)C(=O)O2)CC1. The van der Waals surface area contributed by atoms with Gasteiger partial charge < -0.3 is 9.47 Å². The quantitative estimate of drug-likeness (QED) is 0.586. The molecule has 1 fully saturated rings. The highest BCUT2D eigenvalue weighted by Crippen LogP contribution is 2.34. The van der Waals surface area contributed by atoms with E-state index in [0.717, 1.165) is 30.1 Å². The fourth-order valence-corrected chi connectivity index (χ4v) is 3.60. The van der Waals surface area contributed by atoms with Crippen LogP contribution in [0.15, 0.2) is 35.0 Å². The summed E-state index contributed by atoms with van der Waals surface area (Å²) in [5.74, 6) is 2.15. The highest BCUT2D eigenvalue weighted by atomic mass is 16.6. The fourth-order valence-electron chi connectivity index (χ4n) is 3.60. The molecule has 4 heteroatoms. The van der Waals surface area contributed by atoms with E-state index >= 15 is 0 Å². The summed E-state index contributed by atoms with van der Waals surface area (Å²) in [7, 11) is 1.63. The second-order valence-corrected chi connectivity index (χ2v) is 6.65. The van der Waals surface area contributed by atoms with Gasteiger partial charge in [-0.1, -0.05) is 31.9 Å². The van der Waals surface area contributed by atoms with Crippen molar-refractivity contribution in [3.8, 4) is 5.75 Å². The maximum absolute atomic E-state index is 12.1. The molecule has 1 aliphatic carbocycles. The molecule has 0 spiro atoms. The van der Waals surface area contributed by atoms with Crippen LogP contribution < -0.4 is 4.74 Å². The summed E-state index contributed by atoms with van der Waals surface area (Å²) >= 11 is 0. The third kappa shape index (κ3) is 3.86. The van der Waals surface area contributed by atoms with Gasteiger partial charge in [-0.05, 0) is 55.4 Å². The summed E-state index contributed by atoms with van der Waals surface area (Å²) < 4.78 is 10.7. The third-order valence-electron chi connectivity index (χ3n) is 4.93. The number of nitrogens with zero attached hydrogens (tertiary/aromatic N) is 1. The highest BCUT2D eigenvalue weighted by molar-refractivity contribution is 6.07. The number of rotatable bonds is 5. The molecule has 0 bridgehead atoms. The van der Waals surface area contributed by atoms with Crippen molar-refractivity contribution in [3.05, 3.63) is 35.5 Å². The summed E-state index contributed by atoms with van der Waals surface area (Å²) in [6, 6.07) is 7.57. The van der Waals surface area contributed by atoms with E-state index in [1.807, 2.05) is 24.3 Å². The second kappa shape index (κ2) is 7.65. The van der Waals surface area contributed by atoms with E-state index in [4.69, 9.17) is 9.47 Å². The van der Waals surface area contributed by atoms with Gasteiger partial charge in [-0.2, -0.15) is 0 Å². The van der Waals surface area contributed by atoms with Crippen molar-refractivity contribution in [2.45, 2.75) is 45.4 Å². The smallest absolute Gasteiger partial charge is 0.363 e. The van der Waals surface area contributed by atoms with Crippen molar-refractivity contribution in [2.24, 2.45) is 16.8 Å². The maximum Gasteiger partial charge on any atom is 0.363 e. The average molecular weight is 327 g/mol. The Morgan fingerprint density at radius 2 is 2.08 bits per heavy atom. The molecule has 1 aromatic rings. The summed E-state index contributed by atoms with van der Waals surface area (Å²) in [5, 5.41) is 0. The van der Waals surface area contributed by atoms with Crippen LogP contribution in [0.3, 0.4) is 0 Å². The predicted molar refractivity (Wildman–Crippen MR) is 94.9 cm³/mol. The average Bonchev–Trinajstić information content (AvgIpc) is 2.97. The van der Waals surface area contributed by atoms with Crippen molar-refractivity contribution in [2.75, 3.05) is 7.11 Å². The molecule has 0 N–H and O–H groups in total. The van der Waals surface area contributed by atoms with E-state index in [9.17, 15) is 4.79 Å². The number of carbonyl (C=O) groups is 1. The van der Waals surface area contributed by atoms with Gasteiger partial charge in [0.25, 0.3) is 0 Å². The van der Waals surface area contributed by atoms with Crippen LogP contribution in [0.5, 0.6) is 5.75 Å². The van der Waals surface area contributed by atoms with Crippen LogP contribution in [0.4, 0.5) is 0 Å². The minimum absolute atomic E-state index is 0.290. The number of esters is 1. The molecule has 128 valence electrons. The lowest BCUT2D eigenvalue weighted by atomic mass is 9.80. The number of hydrogen-bond acceptors (Lipinski definition) is 4. The third-order valence-corrected chi connectivity index (χ3v) is 4.93. The van der Waals surface area contributed by atoms with Gasteiger partial charge in [0, 0.05) is 5.92 Å². The molecular weight excluding hydrogens is 302 g/mol. The van der Waals surface area contributed by atoms with E-state index in [2.05, 4.69) is 11.9 Å². The van der Waals surface area contributed by atoms with Crippen LogP contribution in [0.1, 0.15) is 51.0 Å². The Morgan fingerprint density at radius 1 is 1.29 bits per heavy atom. The molecule has 1 heterocycles. The standard InChI is InChI=1S/C20H25NO3/c1-3-5-14-8-10-16(11-9-14)19-21-18(20(22)24-19)13-15-6-4-7-17(12-15)23-2/h4,6-7,12-14,16H,3,5,8-11H2,1-2H3. The molecule has 0 aromatic heterocycles. The summed E-state index contributed by atoms with van der Waals surface area (Å²) in [5.41, 5.74) is 1.27. The van der Waals surface area contributed by atoms with E-state index in [0.29, 0.717) is 17.5 Å². The van der Waals surface area contributed by atoms with Crippen molar-refractivity contribution in [3.63, 3.8) is 0 Å². The summed E-state index contributed by atoms with van der Waals surface area (Å²) in [6.45, 7) is 2.24. The van der Waals surface area contributed by atoms with Crippen LogP contribution in [-0.2, 0) is 9.53 Å². The van der Waals surface area contributed by atoms with Crippen molar-refractivity contribution in [1.82, 2.24) is 0 Å². The molecule has 0 atom stereocenters. The molecule has 0 radical (unpaired) electrons. The molecule has 1 aliphatic heterocycles.